The lowest BCUT2D eigenvalue weighted by Crippen LogP contribution is -2.13. The second-order valence-corrected chi connectivity index (χ2v) is 9.02. The van der Waals surface area contributed by atoms with Crippen molar-refractivity contribution in [1.29, 1.82) is 0 Å². The second-order valence-electron chi connectivity index (χ2n) is 7.22. The van der Waals surface area contributed by atoms with Gasteiger partial charge in [-0.15, -0.1) is 21.5 Å². The van der Waals surface area contributed by atoms with Gasteiger partial charge in [0.1, 0.15) is 15.7 Å². The summed E-state index contributed by atoms with van der Waals surface area (Å²) < 4.78 is 5.94. The molecule has 0 aliphatic carbocycles. The highest BCUT2D eigenvalue weighted by atomic mass is 32.2. The molecule has 6 nitrogen and oxygen atoms in total. The molecule has 0 radical (unpaired) electrons. The van der Waals surface area contributed by atoms with Crippen LogP contribution >= 0.6 is 23.1 Å². The van der Waals surface area contributed by atoms with Crippen molar-refractivity contribution in [1.82, 2.24) is 25.1 Å². The van der Waals surface area contributed by atoms with E-state index in [9.17, 15) is 0 Å². The van der Waals surface area contributed by atoms with Gasteiger partial charge in [0.25, 0.3) is 5.22 Å². The predicted octanol–water partition coefficient (Wildman–Crippen LogP) is 5.62. The lowest BCUT2D eigenvalue weighted by atomic mass is 10.1. The van der Waals surface area contributed by atoms with Gasteiger partial charge in [0.15, 0.2) is 0 Å². The molecule has 5 rings (SSSR count). The van der Waals surface area contributed by atoms with Crippen LogP contribution in [-0.4, -0.2) is 39.2 Å². The van der Waals surface area contributed by atoms with Gasteiger partial charge in [-0.25, -0.2) is 9.97 Å². The largest absolute Gasteiger partial charge is 0.411 e. The molecule has 8 heteroatoms. The predicted molar refractivity (Wildman–Crippen MR) is 124 cm³/mol. The van der Waals surface area contributed by atoms with Gasteiger partial charge >= 0.3 is 0 Å². The molecule has 0 aliphatic rings. The molecule has 0 unspecified atom stereocenters. The molecule has 0 saturated heterocycles. The quantitative estimate of drug-likeness (QED) is 0.314. The zero-order valence-electron chi connectivity index (χ0n) is 17.0. The zero-order chi connectivity index (χ0) is 21.2. The number of hydrogen-bond donors (Lipinski definition) is 0. The van der Waals surface area contributed by atoms with Crippen molar-refractivity contribution in [2.75, 3.05) is 14.1 Å². The molecule has 0 fully saturated rings. The molecule has 0 saturated carbocycles. The molecule has 0 bridgehead atoms. The third-order valence-electron chi connectivity index (χ3n) is 4.60. The minimum Gasteiger partial charge on any atom is -0.411 e. The van der Waals surface area contributed by atoms with E-state index in [1.165, 1.54) is 11.8 Å². The summed E-state index contributed by atoms with van der Waals surface area (Å²) in [5.41, 5.74) is 3.14. The summed E-state index contributed by atoms with van der Waals surface area (Å²) in [6.07, 6.45) is 0. The van der Waals surface area contributed by atoms with Crippen molar-refractivity contribution < 1.29 is 4.42 Å². The Bertz CT molecular complexity index is 1320. The van der Waals surface area contributed by atoms with Gasteiger partial charge in [-0.2, -0.15) is 0 Å². The summed E-state index contributed by atoms with van der Waals surface area (Å²) in [4.78, 5) is 12.7. The topological polar surface area (TPSA) is 67.9 Å². The van der Waals surface area contributed by atoms with Crippen molar-refractivity contribution in [2.45, 2.75) is 16.8 Å². The third-order valence-corrected chi connectivity index (χ3v) is 6.30. The second kappa shape index (κ2) is 8.58. The Balaban J connectivity index is 1.59. The molecule has 31 heavy (non-hydrogen) atoms. The number of benzene rings is 2. The number of nitrogens with zero attached hydrogens (tertiary/aromatic N) is 5. The van der Waals surface area contributed by atoms with Crippen molar-refractivity contribution >= 4 is 33.3 Å². The van der Waals surface area contributed by atoms with Gasteiger partial charge in [0.2, 0.25) is 5.89 Å². The molecule has 5 aromatic rings. The first-order valence-electron chi connectivity index (χ1n) is 9.72. The SMILES string of the molecule is CN(C)Cc1nc(Sc2nnc(-c3ccccc3)o2)c2c(-c3ccccc3)csc2n1. The van der Waals surface area contributed by atoms with E-state index in [1.54, 1.807) is 11.3 Å². The van der Waals surface area contributed by atoms with Crippen LogP contribution in [0.1, 0.15) is 5.82 Å². The Morgan fingerprint density at radius 3 is 2.32 bits per heavy atom. The fourth-order valence-electron chi connectivity index (χ4n) is 3.24. The van der Waals surface area contributed by atoms with E-state index >= 15 is 0 Å². The minimum atomic E-state index is 0.458. The van der Waals surface area contributed by atoms with E-state index in [0.29, 0.717) is 17.7 Å². The monoisotopic (exact) mass is 445 g/mol. The van der Waals surface area contributed by atoms with Crippen LogP contribution in [-0.2, 0) is 6.54 Å². The third kappa shape index (κ3) is 4.23. The van der Waals surface area contributed by atoms with E-state index in [1.807, 2.05) is 62.6 Å². The van der Waals surface area contributed by atoms with Crippen molar-refractivity contribution in [3.05, 3.63) is 71.9 Å². The first kappa shape index (κ1) is 19.9. The zero-order valence-corrected chi connectivity index (χ0v) is 18.7. The maximum absolute atomic E-state index is 5.94. The molecule has 0 atom stereocenters. The first-order valence-corrected chi connectivity index (χ1v) is 11.4. The van der Waals surface area contributed by atoms with Gasteiger partial charge in [-0.05, 0) is 43.6 Å². The minimum absolute atomic E-state index is 0.458. The van der Waals surface area contributed by atoms with Crippen LogP contribution in [0, 0.1) is 0 Å². The number of hydrogen-bond acceptors (Lipinski definition) is 8. The summed E-state index contributed by atoms with van der Waals surface area (Å²) in [6, 6.07) is 20.1. The highest BCUT2D eigenvalue weighted by Gasteiger charge is 2.19. The fraction of sp³-hybridized carbons (Fsp3) is 0.130. The standard InChI is InChI=1S/C23H19N5OS2/c1-28(2)13-18-24-21-19(17(14-30-21)15-9-5-3-6-10-15)22(25-18)31-23-27-26-20(29-23)16-11-7-4-8-12-16/h3-12,14H,13H2,1-2H3. The van der Waals surface area contributed by atoms with Crippen molar-refractivity contribution in [3.63, 3.8) is 0 Å². The van der Waals surface area contributed by atoms with Crippen molar-refractivity contribution in [3.8, 4) is 22.6 Å². The lowest BCUT2D eigenvalue weighted by molar-refractivity contribution is 0.390. The molecule has 0 amide bonds. The molecule has 2 aromatic carbocycles. The van der Waals surface area contributed by atoms with Gasteiger partial charge in [0, 0.05) is 16.5 Å². The highest BCUT2D eigenvalue weighted by molar-refractivity contribution is 7.99. The summed E-state index contributed by atoms with van der Waals surface area (Å²) >= 11 is 3.01. The van der Waals surface area contributed by atoms with Crippen molar-refractivity contribution in [2.24, 2.45) is 0 Å². The summed E-state index contributed by atoms with van der Waals surface area (Å²) in [5, 5.41) is 12.9. The Morgan fingerprint density at radius 2 is 1.61 bits per heavy atom. The summed E-state index contributed by atoms with van der Waals surface area (Å²) in [5.74, 6) is 1.26. The average Bonchev–Trinajstić information content (AvgIpc) is 3.42. The summed E-state index contributed by atoms with van der Waals surface area (Å²) in [7, 11) is 4.02. The molecule has 0 spiro atoms. The van der Waals surface area contributed by atoms with Gasteiger partial charge in [0.05, 0.1) is 11.9 Å². The number of rotatable bonds is 6. The first-order chi connectivity index (χ1) is 15.2. The van der Waals surface area contributed by atoms with E-state index in [0.717, 1.165) is 37.8 Å². The van der Waals surface area contributed by atoms with Crippen LogP contribution < -0.4 is 0 Å². The molecule has 154 valence electrons. The molecular formula is C23H19N5OS2. The molecule has 0 aliphatic heterocycles. The van der Waals surface area contributed by atoms with Gasteiger partial charge < -0.3 is 9.32 Å². The number of thiophene rings is 1. The van der Waals surface area contributed by atoms with Gasteiger partial charge in [-0.3, -0.25) is 0 Å². The molecular weight excluding hydrogens is 426 g/mol. The maximum atomic E-state index is 5.94. The molecule has 3 heterocycles. The Kier molecular flexibility index (Phi) is 5.50. The Morgan fingerprint density at radius 1 is 0.903 bits per heavy atom. The average molecular weight is 446 g/mol. The van der Waals surface area contributed by atoms with Gasteiger partial charge in [-0.1, -0.05) is 48.5 Å². The number of aromatic nitrogens is 4. The smallest absolute Gasteiger partial charge is 0.283 e. The molecule has 3 aromatic heterocycles. The van der Waals surface area contributed by atoms with E-state index in [-0.39, 0.29) is 0 Å². The summed E-state index contributed by atoms with van der Waals surface area (Å²) in [6.45, 7) is 0.654. The van der Waals surface area contributed by atoms with Crippen LogP contribution in [0.25, 0.3) is 32.8 Å². The highest BCUT2D eigenvalue weighted by Crippen LogP contribution is 2.40. The number of fused-ring (bicyclic) bond motifs is 1. The van der Waals surface area contributed by atoms with E-state index < -0.39 is 0 Å². The van der Waals surface area contributed by atoms with E-state index in [2.05, 4.69) is 32.6 Å². The maximum Gasteiger partial charge on any atom is 0.283 e. The fourth-order valence-corrected chi connectivity index (χ4v) is 5.10. The van der Waals surface area contributed by atoms with E-state index in [4.69, 9.17) is 14.4 Å². The lowest BCUT2D eigenvalue weighted by Gasteiger charge is -2.10. The van der Waals surface area contributed by atoms with Crippen LogP contribution in [0.4, 0.5) is 0 Å². The normalized spacial score (nSPS) is 11.5. The Hall–Kier alpha value is -3.07. The molecule has 0 N–H and O–H groups in total. The van der Waals surface area contributed by atoms with Crippen LogP contribution in [0.2, 0.25) is 0 Å². The van der Waals surface area contributed by atoms with Crippen LogP contribution in [0.15, 0.2) is 80.7 Å². The van der Waals surface area contributed by atoms with Crippen LogP contribution in [0.3, 0.4) is 0 Å². The van der Waals surface area contributed by atoms with Crippen LogP contribution in [0.5, 0.6) is 0 Å². The Labute approximate surface area is 188 Å².